The number of aliphatic imine (C=N–C) groups is 2. The first-order chi connectivity index (χ1) is 10.3. The highest BCUT2D eigenvalue weighted by atomic mass is 16.4. The molecule has 3 aliphatic rings. The Morgan fingerprint density at radius 2 is 1.62 bits per heavy atom. The summed E-state index contributed by atoms with van der Waals surface area (Å²) in [6.45, 7) is 1.25. The molecule has 0 aromatic carbocycles. The lowest BCUT2D eigenvalue weighted by atomic mass is 9.81. The van der Waals surface area contributed by atoms with Gasteiger partial charge in [-0.05, 0) is 31.4 Å². The van der Waals surface area contributed by atoms with Gasteiger partial charge in [-0.25, -0.2) is 0 Å². The van der Waals surface area contributed by atoms with Crippen molar-refractivity contribution in [2.75, 3.05) is 13.3 Å². The van der Waals surface area contributed by atoms with Crippen molar-refractivity contribution < 1.29 is 9.90 Å². The zero-order valence-corrected chi connectivity index (χ0v) is 11.9. The molecule has 1 fully saturated rings. The molecule has 2 aliphatic heterocycles. The number of allylic oxidation sites excluding steroid dienone is 2. The van der Waals surface area contributed by atoms with Gasteiger partial charge in [-0.15, -0.1) is 0 Å². The quantitative estimate of drug-likeness (QED) is 0.850. The molecular formula is C15H20N4O2. The van der Waals surface area contributed by atoms with Crippen LogP contribution >= 0.6 is 0 Å². The van der Waals surface area contributed by atoms with E-state index in [9.17, 15) is 9.90 Å². The second-order valence-electron chi connectivity index (χ2n) is 5.64. The van der Waals surface area contributed by atoms with Gasteiger partial charge in [-0.3, -0.25) is 14.8 Å². The Morgan fingerprint density at radius 1 is 1.00 bits per heavy atom. The highest BCUT2D eigenvalue weighted by molar-refractivity contribution is 5.72. The van der Waals surface area contributed by atoms with E-state index in [1.807, 2.05) is 18.4 Å². The third-order valence-corrected chi connectivity index (χ3v) is 4.41. The SMILES string of the molecule is O=C(O)C1CCC(N2C=CC=NC2)C(N2C=CC=NC2)C1. The molecule has 0 aromatic rings. The highest BCUT2D eigenvalue weighted by Gasteiger charge is 2.38. The van der Waals surface area contributed by atoms with Crippen LogP contribution in [0.25, 0.3) is 0 Å². The van der Waals surface area contributed by atoms with E-state index in [4.69, 9.17) is 0 Å². The molecule has 112 valence electrons. The number of nitrogens with zero attached hydrogens (tertiary/aromatic N) is 4. The number of rotatable bonds is 3. The monoisotopic (exact) mass is 288 g/mol. The van der Waals surface area contributed by atoms with Crippen molar-refractivity contribution in [1.29, 1.82) is 0 Å². The molecule has 3 unspecified atom stereocenters. The van der Waals surface area contributed by atoms with Crippen molar-refractivity contribution in [2.24, 2.45) is 15.9 Å². The van der Waals surface area contributed by atoms with Gasteiger partial charge < -0.3 is 14.9 Å². The van der Waals surface area contributed by atoms with Crippen LogP contribution in [0.4, 0.5) is 0 Å². The van der Waals surface area contributed by atoms with Gasteiger partial charge in [0.1, 0.15) is 13.3 Å². The Kier molecular flexibility index (Phi) is 4.03. The first-order valence-electron chi connectivity index (χ1n) is 7.33. The van der Waals surface area contributed by atoms with Gasteiger partial charge in [-0.1, -0.05) is 0 Å². The van der Waals surface area contributed by atoms with E-state index < -0.39 is 5.97 Å². The molecule has 21 heavy (non-hydrogen) atoms. The summed E-state index contributed by atoms with van der Waals surface area (Å²) in [7, 11) is 0. The topological polar surface area (TPSA) is 68.5 Å². The minimum atomic E-state index is -0.685. The fourth-order valence-electron chi connectivity index (χ4n) is 3.33. The minimum absolute atomic E-state index is 0.159. The normalized spacial score (nSPS) is 31.7. The maximum Gasteiger partial charge on any atom is 0.306 e. The lowest BCUT2D eigenvalue weighted by Gasteiger charge is -2.45. The predicted octanol–water partition coefficient (Wildman–Crippen LogP) is 1.32. The largest absolute Gasteiger partial charge is 0.481 e. The first-order valence-corrected chi connectivity index (χ1v) is 7.33. The van der Waals surface area contributed by atoms with Crippen LogP contribution in [0.1, 0.15) is 19.3 Å². The molecule has 0 spiro atoms. The molecule has 0 amide bonds. The molecule has 1 N–H and O–H groups in total. The van der Waals surface area contributed by atoms with Crippen molar-refractivity contribution in [3.63, 3.8) is 0 Å². The molecule has 1 saturated carbocycles. The molecule has 0 aromatic heterocycles. The van der Waals surface area contributed by atoms with Gasteiger partial charge in [0.15, 0.2) is 0 Å². The molecular weight excluding hydrogens is 268 g/mol. The van der Waals surface area contributed by atoms with Gasteiger partial charge in [0.2, 0.25) is 0 Å². The van der Waals surface area contributed by atoms with E-state index in [2.05, 4.69) is 26.0 Å². The third-order valence-electron chi connectivity index (χ3n) is 4.41. The molecule has 3 atom stereocenters. The van der Waals surface area contributed by atoms with E-state index in [-0.39, 0.29) is 18.0 Å². The van der Waals surface area contributed by atoms with Gasteiger partial charge in [0, 0.05) is 24.8 Å². The molecule has 3 rings (SSSR count). The van der Waals surface area contributed by atoms with Crippen molar-refractivity contribution in [3.8, 4) is 0 Å². The zero-order valence-electron chi connectivity index (χ0n) is 11.9. The van der Waals surface area contributed by atoms with Crippen LogP contribution in [-0.4, -0.2) is 58.7 Å². The van der Waals surface area contributed by atoms with E-state index in [0.29, 0.717) is 19.8 Å². The smallest absolute Gasteiger partial charge is 0.306 e. The second-order valence-corrected chi connectivity index (χ2v) is 5.64. The van der Waals surface area contributed by atoms with E-state index in [0.717, 1.165) is 12.8 Å². The average molecular weight is 288 g/mol. The third kappa shape index (κ3) is 2.99. The number of carbonyl (C=O) groups is 1. The van der Waals surface area contributed by atoms with Crippen LogP contribution < -0.4 is 0 Å². The summed E-state index contributed by atoms with van der Waals surface area (Å²) in [4.78, 5) is 24.3. The summed E-state index contributed by atoms with van der Waals surface area (Å²) in [5.41, 5.74) is 0. The number of aliphatic carboxylic acids is 1. The number of hydrogen-bond acceptors (Lipinski definition) is 5. The molecule has 2 heterocycles. The van der Waals surface area contributed by atoms with Crippen LogP contribution in [0.2, 0.25) is 0 Å². The summed E-state index contributed by atoms with van der Waals surface area (Å²) in [6.07, 6.45) is 13.8. The van der Waals surface area contributed by atoms with Gasteiger partial charge in [-0.2, -0.15) is 0 Å². The van der Waals surface area contributed by atoms with Crippen LogP contribution in [0.15, 0.2) is 34.5 Å². The summed E-state index contributed by atoms with van der Waals surface area (Å²) in [5, 5.41) is 9.33. The Morgan fingerprint density at radius 3 is 2.14 bits per heavy atom. The maximum absolute atomic E-state index is 11.3. The Bertz CT molecular complexity index is 512. The van der Waals surface area contributed by atoms with Crippen molar-refractivity contribution in [3.05, 3.63) is 24.6 Å². The van der Waals surface area contributed by atoms with E-state index in [1.54, 1.807) is 12.4 Å². The fraction of sp³-hybridized carbons (Fsp3) is 0.533. The number of carboxylic acids is 1. The molecule has 0 radical (unpaired) electrons. The molecule has 0 saturated heterocycles. The maximum atomic E-state index is 11.3. The van der Waals surface area contributed by atoms with Crippen LogP contribution in [0.3, 0.4) is 0 Å². The standard InChI is InChI=1S/C15H20N4O2/c20-15(21)12-3-4-13(18-7-1-5-16-10-18)14(9-12)19-8-2-6-17-11-19/h1-2,5-8,12-14H,3-4,9-11H2,(H,20,21). The van der Waals surface area contributed by atoms with Crippen molar-refractivity contribution >= 4 is 18.4 Å². The summed E-state index contributed by atoms with van der Waals surface area (Å²) >= 11 is 0. The fourth-order valence-corrected chi connectivity index (χ4v) is 3.33. The Balaban J connectivity index is 1.78. The Labute approximate surface area is 124 Å². The summed E-state index contributed by atoms with van der Waals surface area (Å²) in [6, 6.07) is 0.443. The van der Waals surface area contributed by atoms with E-state index in [1.165, 1.54) is 0 Å². The Hall–Kier alpha value is -2.11. The predicted molar refractivity (Wildman–Crippen MR) is 81.2 cm³/mol. The number of carboxylic acid groups (broad SMARTS) is 1. The van der Waals surface area contributed by atoms with E-state index >= 15 is 0 Å². The van der Waals surface area contributed by atoms with Crippen molar-refractivity contribution in [2.45, 2.75) is 31.3 Å². The molecule has 0 bridgehead atoms. The van der Waals surface area contributed by atoms with Gasteiger partial charge in [0.05, 0.1) is 18.0 Å². The average Bonchev–Trinajstić information content (AvgIpc) is 2.56. The minimum Gasteiger partial charge on any atom is -0.481 e. The van der Waals surface area contributed by atoms with Gasteiger partial charge in [0.25, 0.3) is 0 Å². The second kappa shape index (κ2) is 6.11. The first kappa shape index (κ1) is 13.9. The zero-order chi connectivity index (χ0) is 14.7. The summed E-state index contributed by atoms with van der Waals surface area (Å²) < 4.78 is 0. The highest BCUT2D eigenvalue weighted by Crippen LogP contribution is 2.32. The number of hydrogen-bond donors (Lipinski definition) is 1. The van der Waals surface area contributed by atoms with Crippen molar-refractivity contribution in [1.82, 2.24) is 9.80 Å². The lowest BCUT2D eigenvalue weighted by molar-refractivity contribution is -0.144. The van der Waals surface area contributed by atoms with Gasteiger partial charge >= 0.3 is 5.97 Å². The summed E-state index contributed by atoms with van der Waals surface area (Å²) in [5.74, 6) is -0.946. The van der Waals surface area contributed by atoms with Crippen LogP contribution in [0, 0.1) is 5.92 Å². The molecule has 6 nitrogen and oxygen atoms in total. The lowest BCUT2D eigenvalue weighted by Crippen LogP contribution is -2.53. The van der Waals surface area contributed by atoms with Crippen LogP contribution in [0.5, 0.6) is 0 Å². The molecule has 6 heteroatoms. The molecule has 1 aliphatic carbocycles. The van der Waals surface area contributed by atoms with Crippen LogP contribution in [-0.2, 0) is 4.79 Å².